The normalized spacial score (nSPS) is 17.9. The fraction of sp³-hybridized carbons (Fsp3) is 0.444. The molecular formula is C18H25N4O4+. The van der Waals surface area contributed by atoms with Crippen LogP contribution in [0.15, 0.2) is 29.3 Å². The molecule has 1 unspecified atom stereocenters. The molecule has 1 atom stereocenters. The van der Waals surface area contributed by atoms with Crippen LogP contribution in [0.1, 0.15) is 12.0 Å². The molecule has 26 heavy (non-hydrogen) atoms. The number of methoxy groups -OCH3 is 1. The Bertz CT molecular complexity index is 685. The second kappa shape index (κ2) is 9.10. The van der Waals surface area contributed by atoms with E-state index >= 15 is 0 Å². The third-order valence-corrected chi connectivity index (χ3v) is 4.01. The highest BCUT2D eigenvalue weighted by atomic mass is 16.5. The summed E-state index contributed by atoms with van der Waals surface area (Å²) >= 11 is 0. The first kappa shape index (κ1) is 19.6. The molecular weight excluding hydrogens is 336 g/mol. The van der Waals surface area contributed by atoms with Crippen LogP contribution in [0.3, 0.4) is 0 Å². The van der Waals surface area contributed by atoms with Crippen LogP contribution >= 0.6 is 0 Å². The van der Waals surface area contributed by atoms with Gasteiger partial charge in [-0.1, -0.05) is 12.1 Å². The molecule has 1 aliphatic heterocycles. The van der Waals surface area contributed by atoms with Crippen LogP contribution in [-0.4, -0.2) is 63.3 Å². The highest BCUT2D eigenvalue weighted by molar-refractivity contribution is 6.23. The van der Waals surface area contributed by atoms with Crippen molar-refractivity contribution in [3.63, 3.8) is 0 Å². The van der Waals surface area contributed by atoms with Crippen LogP contribution in [0.5, 0.6) is 5.75 Å². The molecule has 0 spiro atoms. The van der Waals surface area contributed by atoms with Crippen molar-refractivity contribution in [2.75, 3.05) is 34.3 Å². The Labute approximate surface area is 152 Å². The van der Waals surface area contributed by atoms with Crippen LogP contribution < -0.4 is 15.0 Å². The van der Waals surface area contributed by atoms with Gasteiger partial charge in [-0.25, -0.2) is 4.79 Å². The van der Waals surface area contributed by atoms with Gasteiger partial charge in [-0.3, -0.25) is 24.8 Å². The summed E-state index contributed by atoms with van der Waals surface area (Å²) in [6.07, 6.45) is 2.20. The zero-order valence-electron chi connectivity index (χ0n) is 15.3. The molecule has 140 valence electrons. The van der Waals surface area contributed by atoms with Gasteiger partial charge in [-0.2, -0.15) is 0 Å². The van der Waals surface area contributed by atoms with E-state index in [9.17, 15) is 14.4 Å². The SMILES string of the molecule is COc1ccc(CN2C(=O)NC(=O)C(C=NCCC[NH+](C)C)C2=O)cc1. The zero-order valence-corrected chi connectivity index (χ0v) is 15.3. The summed E-state index contributed by atoms with van der Waals surface area (Å²) in [6, 6.07) is 6.32. The van der Waals surface area contributed by atoms with Crippen LogP contribution in [0.4, 0.5) is 4.79 Å². The largest absolute Gasteiger partial charge is 0.497 e. The summed E-state index contributed by atoms with van der Waals surface area (Å²) in [5.41, 5.74) is 0.758. The first-order chi connectivity index (χ1) is 12.4. The molecule has 2 rings (SSSR count). The maximum Gasteiger partial charge on any atom is 0.331 e. The molecule has 1 aromatic carbocycles. The number of ether oxygens (including phenoxy) is 1. The number of quaternary nitrogens is 1. The number of carbonyl (C=O) groups excluding carboxylic acids is 3. The van der Waals surface area contributed by atoms with Gasteiger partial charge in [0.05, 0.1) is 34.3 Å². The number of benzene rings is 1. The molecule has 0 aromatic heterocycles. The lowest BCUT2D eigenvalue weighted by atomic mass is 10.1. The molecule has 1 aliphatic rings. The van der Waals surface area contributed by atoms with Gasteiger partial charge in [0.25, 0.3) is 0 Å². The Morgan fingerprint density at radius 3 is 2.54 bits per heavy atom. The number of urea groups is 1. The molecule has 4 amide bonds. The lowest BCUT2D eigenvalue weighted by molar-refractivity contribution is -0.858. The molecule has 1 aromatic rings. The minimum atomic E-state index is -1.07. The summed E-state index contributed by atoms with van der Waals surface area (Å²) in [6.45, 7) is 1.56. The number of nitrogens with one attached hydrogen (secondary N) is 2. The maximum atomic E-state index is 12.6. The van der Waals surface area contributed by atoms with E-state index in [1.165, 1.54) is 11.1 Å². The number of barbiturate groups is 1. The maximum absolute atomic E-state index is 12.6. The summed E-state index contributed by atoms with van der Waals surface area (Å²) in [7, 11) is 5.65. The van der Waals surface area contributed by atoms with Crippen molar-refractivity contribution in [3.05, 3.63) is 29.8 Å². The van der Waals surface area contributed by atoms with E-state index in [1.807, 2.05) is 14.1 Å². The molecule has 8 heteroatoms. The van der Waals surface area contributed by atoms with Crippen molar-refractivity contribution in [1.82, 2.24) is 10.2 Å². The number of hydrogen-bond donors (Lipinski definition) is 2. The molecule has 1 heterocycles. The fourth-order valence-electron chi connectivity index (χ4n) is 2.53. The predicted octanol–water partition coefficient (Wildman–Crippen LogP) is -0.505. The molecule has 0 aliphatic carbocycles. The average Bonchev–Trinajstić information content (AvgIpc) is 2.61. The summed E-state index contributed by atoms with van der Waals surface area (Å²) in [4.78, 5) is 43.1. The predicted molar refractivity (Wildman–Crippen MR) is 96.2 cm³/mol. The van der Waals surface area contributed by atoms with Crippen LogP contribution in [0, 0.1) is 5.92 Å². The van der Waals surface area contributed by atoms with Gasteiger partial charge in [-0.15, -0.1) is 0 Å². The third kappa shape index (κ3) is 5.13. The number of nitrogens with zero attached hydrogens (tertiary/aromatic N) is 2. The molecule has 0 bridgehead atoms. The van der Waals surface area contributed by atoms with Gasteiger partial charge in [0.2, 0.25) is 11.8 Å². The second-order valence-corrected chi connectivity index (χ2v) is 6.41. The number of imide groups is 2. The Morgan fingerprint density at radius 2 is 1.92 bits per heavy atom. The first-order valence-corrected chi connectivity index (χ1v) is 8.50. The molecule has 1 saturated heterocycles. The lowest BCUT2D eigenvalue weighted by Gasteiger charge is -2.28. The Morgan fingerprint density at radius 1 is 1.23 bits per heavy atom. The molecule has 0 radical (unpaired) electrons. The Balaban J connectivity index is 2.02. The second-order valence-electron chi connectivity index (χ2n) is 6.41. The lowest BCUT2D eigenvalue weighted by Crippen LogP contribution is -3.05. The van der Waals surface area contributed by atoms with E-state index < -0.39 is 23.8 Å². The summed E-state index contributed by atoms with van der Waals surface area (Å²) in [5, 5.41) is 2.22. The van der Waals surface area contributed by atoms with E-state index in [2.05, 4.69) is 10.3 Å². The summed E-state index contributed by atoms with van der Waals surface area (Å²) in [5.74, 6) is -1.58. The van der Waals surface area contributed by atoms with Crippen molar-refractivity contribution >= 4 is 24.1 Å². The first-order valence-electron chi connectivity index (χ1n) is 8.50. The van der Waals surface area contributed by atoms with Crippen LogP contribution in [0.25, 0.3) is 0 Å². The topological polar surface area (TPSA) is 92.5 Å². The number of rotatable bonds is 8. The van der Waals surface area contributed by atoms with Gasteiger partial charge in [0.1, 0.15) is 5.75 Å². The van der Waals surface area contributed by atoms with Crippen molar-refractivity contribution in [3.8, 4) is 5.75 Å². The van der Waals surface area contributed by atoms with E-state index in [0.717, 1.165) is 23.4 Å². The summed E-state index contributed by atoms with van der Waals surface area (Å²) < 4.78 is 5.09. The number of hydrogen-bond acceptors (Lipinski definition) is 5. The van der Waals surface area contributed by atoms with Crippen molar-refractivity contribution in [2.24, 2.45) is 10.9 Å². The Hall–Kier alpha value is -2.74. The van der Waals surface area contributed by atoms with Crippen molar-refractivity contribution < 1.29 is 24.0 Å². The Kier molecular flexibility index (Phi) is 6.85. The number of amides is 4. The molecule has 1 fully saturated rings. The number of carbonyl (C=O) groups is 3. The van der Waals surface area contributed by atoms with E-state index in [-0.39, 0.29) is 6.54 Å². The van der Waals surface area contributed by atoms with Gasteiger partial charge < -0.3 is 9.64 Å². The van der Waals surface area contributed by atoms with Crippen molar-refractivity contribution in [2.45, 2.75) is 13.0 Å². The van der Waals surface area contributed by atoms with Gasteiger partial charge in [0.15, 0.2) is 5.92 Å². The van der Waals surface area contributed by atoms with Crippen LogP contribution in [0.2, 0.25) is 0 Å². The zero-order chi connectivity index (χ0) is 19.1. The van der Waals surface area contributed by atoms with Crippen molar-refractivity contribution in [1.29, 1.82) is 0 Å². The number of aliphatic imine (C=N–C) groups is 1. The van der Waals surface area contributed by atoms with E-state index in [4.69, 9.17) is 4.74 Å². The third-order valence-electron chi connectivity index (χ3n) is 4.01. The van der Waals surface area contributed by atoms with Crippen LogP contribution in [-0.2, 0) is 16.1 Å². The molecule has 2 N–H and O–H groups in total. The average molecular weight is 361 g/mol. The molecule has 0 saturated carbocycles. The monoisotopic (exact) mass is 361 g/mol. The van der Waals surface area contributed by atoms with E-state index in [0.29, 0.717) is 12.3 Å². The van der Waals surface area contributed by atoms with Gasteiger partial charge >= 0.3 is 6.03 Å². The standard InChI is InChI=1S/C18H24N4O4/c1-21(2)10-4-9-19-11-15-16(23)20-18(25)22(17(15)24)12-13-5-7-14(26-3)8-6-13/h5-8,11,15H,4,9-10,12H2,1-3H3,(H,20,23,25)/p+1. The highest BCUT2D eigenvalue weighted by Gasteiger charge is 2.39. The van der Waals surface area contributed by atoms with Gasteiger partial charge in [0, 0.05) is 19.2 Å². The minimum Gasteiger partial charge on any atom is -0.497 e. The minimum absolute atomic E-state index is 0.0796. The molecule has 8 nitrogen and oxygen atoms in total. The highest BCUT2D eigenvalue weighted by Crippen LogP contribution is 2.16. The quantitative estimate of drug-likeness (QED) is 0.371. The van der Waals surface area contributed by atoms with E-state index in [1.54, 1.807) is 31.4 Å². The fourth-order valence-corrected chi connectivity index (χ4v) is 2.53. The van der Waals surface area contributed by atoms with Gasteiger partial charge in [-0.05, 0) is 17.7 Å². The smallest absolute Gasteiger partial charge is 0.331 e.